The average Bonchev–Trinajstić information content (AvgIpc) is 2.76. The van der Waals surface area contributed by atoms with E-state index in [2.05, 4.69) is 37.3 Å². The molecule has 1 atom stereocenters. The molecule has 0 aliphatic rings. The van der Waals surface area contributed by atoms with Crippen LogP contribution in [0.3, 0.4) is 0 Å². The van der Waals surface area contributed by atoms with Gasteiger partial charge in [-0.2, -0.15) is 5.10 Å². The maximum Gasteiger partial charge on any atom is 0.266 e. The summed E-state index contributed by atoms with van der Waals surface area (Å²) in [5.41, 5.74) is 3.54. The first-order valence-electron chi connectivity index (χ1n) is 10.8. The van der Waals surface area contributed by atoms with Gasteiger partial charge in [0.2, 0.25) is 0 Å². The number of hydrogen-bond donors (Lipinski definition) is 1. The Bertz CT molecular complexity index is 1130. The number of ether oxygens (including phenoxy) is 1. The number of nitrogens with zero attached hydrogens (tertiary/aromatic N) is 2. The minimum absolute atomic E-state index is 0.103. The van der Waals surface area contributed by atoms with Crippen molar-refractivity contribution in [3.63, 3.8) is 0 Å². The topological polar surface area (TPSA) is 73.2 Å². The third-order valence-corrected chi connectivity index (χ3v) is 5.18. The highest BCUT2D eigenvalue weighted by molar-refractivity contribution is 5.80. The maximum atomic E-state index is 12.6. The van der Waals surface area contributed by atoms with Crippen molar-refractivity contribution in [1.82, 2.24) is 15.1 Å². The van der Waals surface area contributed by atoms with Crippen molar-refractivity contribution in [3.8, 4) is 17.0 Å². The van der Waals surface area contributed by atoms with Gasteiger partial charge in [-0.25, -0.2) is 4.68 Å². The van der Waals surface area contributed by atoms with E-state index in [1.807, 2.05) is 49.4 Å². The van der Waals surface area contributed by atoms with E-state index in [-0.39, 0.29) is 30.0 Å². The number of hydrogen-bond acceptors (Lipinski definition) is 4. The molecule has 0 aliphatic heterocycles. The zero-order valence-electron chi connectivity index (χ0n) is 19.4. The number of aryl methyl sites for hydroxylation is 1. The molecule has 1 amide bonds. The van der Waals surface area contributed by atoms with E-state index in [1.54, 1.807) is 13.0 Å². The fourth-order valence-electron chi connectivity index (χ4n) is 3.38. The Labute approximate surface area is 189 Å². The van der Waals surface area contributed by atoms with Gasteiger partial charge in [0.15, 0.2) is 6.10 Å². The van der Waals surface area contributed by atoms with Crippen LogP contribution in [0.4, 0.5) is 0 Å². The third-order valence-electron chi connectivity index (χ3n) is 5.18. The van der Waals surface area contributed by atoms with Crippen LogP contribution in [0.15, 0.2) is 65.5 Å². The molecular weight excluding hydrogens is 402 g/mol. The number of aromatic nitrogens is 2. The van der Waals surface area contributed by atoms with E-state index in [4.69, 9.17) is 4.74 Å². The molecule has 0 saturated carbocycles. The second kappa shape index (κ2) is 9.81. The van der Waals surface area contributed by atoms with Crippen molar-refractivity contribution in [2.45, 2.75) is 52.7 Å². The smallest absolute Gasteiger partial charge is 0.266 e. The van der Waals surface area contributed by atoms with Crippen LogP contribution in [0.5, 0.6) is 5.75 Å². The number of nitrogens with one attached hydrogen (secondary N) is 1. The second-order valence-electron chi connectivity index (χ2n) is 8.95. The molecule has 32 heavy (non-hydrogen) atoms. The van der Waals surface area contributed by atoms with Crippen molar-refractivity contribution in [2.24, 2.45) is 0 Å². The number of carbonyl (C=O) groups is 1. The van der Waals surface area contributed by atoms with Crippen molar-refractivity contribution in [2.75, 3.05) is 6.54 Å². The van der Waals surface area contributed by atoms with E-state index < -0.39 is 6.10 Å². The summed E-state index contributed by atoms with van der Waals surface area (Å²) in [4.78, 5) is 24.8. The first-order chi connectivity index (χ1) is 15.1. The van der Waals surface area contributed by atoms with Crippen molar-refractivity contribution in [1.29, 1.82) is 0 Å². The SMILES string of the molecule is Cc1ccc(OC(C)C(=O)NCCn2nc(-c3ccccc3)ccc2=O)c(C(C)(C)C)c1. The van der Waals surface area contributed by atoms with E-state index in [9.17, 15) is 9.59 Å². The van der Waals surface area contributed by atoms with E-state index >= 15 is 0 Å². The molecule has 0 aliphatic carbocycles. The van der Waals surface area contributed by atoms with Gasteiger partial charge in [-0.1, -0.05) is 68.8 Å². The number of carbonyl (C=O) groups excluding carboxylic acids is 1. The molecule has 168 valence electrons. The molecule has 0 fully saturated rings. The lowest BCUT2D eigenvalue weighted by Crippen LogP contribution is -2.39. The molecule has 1 aromatic heterocycles. The summed E-state index contributed by atoms with van der Waals surface area (Å²) in [6, 6.07) is 18.8. The van der Waals surface area contributed by atoms with Gasteiger partial charge in [-0.05, 0) is 37.0 Å². The summed E-state index contributed by atoms with van der Waals surface area (Å²) < 4.78 is 7.36. The Morgan fingerprint density at radius 2 is 1.81 bits per heavy atom. The van der Waals surface area contributed by atoms with E-state index in [1.165, 1.54) is 10.7 Å². The monoisotopic (exact) mass is 433 g/mol. The zero-order chi connectivity index (χ0) is 23.3. The number of rotatable bonds is 7. The predicted octanol–water partition coefficient (Wildman–Crippen LogP) is 4.10. The third kappa shape index (κ3) is 5.84. The number of benzene rings is 2. The first kappa shape index (κ1) is 23.3. The highest BCUT2D eigenvalue weighted by Crippen LogP contribution is 2.32. The molecule has 0 bridgehead atoms. The summed E-state index contributed by atoms with van der Waals surface area (Å²) >= 11 is 0. The zero-order valence-corrected chi connectivity index (χ0v) is 19.4. The van der Waals surface area contributed by atoms with Crippen molar-refractivity contribution in [3.05, 3.63) is 82.1 Å². The molecule has 1 N–H and O–H groups in total. The van der Waals surface area contributed by atoms with Gasteiger partial charge < -0.3 is 10.1 Å². The van der Waals surface area contributed by atoms with Crippen molar-refractivity contribution < 1.29 is 9.53 Å². The van der Waals surface area contributed by atoms with E-state index in [0.29, 0.717) is 11.4 Å². The predicted molar refractivity (Wildman–Crippen MR) is 127 cm³/mol. The Balaban J connectivity index is 1.62. The standard InChI is InChI=1S/C26H31N3O3/c1-18-11-13-23(21(17-18)26(3,4)5)32-19(2)25(31)27-15-16-29-24(30)14-12-22(28-29)20-9-7-6-8-10-20/h6-14,17,19H,15-16H2,1-5H3,(H,27,31). The maximum absolute atomic E-state index is 12.6. The summed E-state index contributed by atoms with van der Waals surface area (Å²) in [5, 5.41) is 7.26. The summed E-state index contributed by atoms with van der Waals surface area (Å²) in [6.07, 6.45) is -0.667. The van der Waals surface area contributed by atoms with Gasteiger partial charge in [0.25, 0.3) is 11.5 Å². The molecule has 6 heteroatoms. The Morgan fingerprint density at radius 3 is 2.50 bits per heavy atom. The molecule has 0 spiro atoms. The van der Waals surface area contributed by atoms with Crippen LogP contribution >= 0.6 is 0 Å². The molecule has 1 unspecified atom stereocenters. The summed E-state index contributed by atoms with van der Waals surface area (Å²) in [7, 11) is 0. The van der Waals surface area contributed by atoms with Gasteiger partial charge in [-0.15, -0.1) is 0 Å². The van der Waals surface area contributed by atoms with Crippen LogP contribution in [-0.2, 0) is 16.8 Å². The molecule has 3 rings (SSSR count). The fourth-order valence-corrected chi connectivity index (χ4v) is 3.38. The lowest BCUT2D eigenvalue weighted by molar-refractivity contribution is -0.127. The lowest BCUT2D eigenvalue weighted by atomic mass is 9.85. The normalized spacial score (nSPS) is 12.3. The fraction of sp³-hybridized carbons (Fsp3) is 0.346. The molecule has 6 nitrogen and oxygen atoms in total. The Hall–Kier alpha value is -3.41. The van der Waals surface area contributed by atoms with Gasteiger partial charge >= 0.3 is 0 Å². The molecule has 0 saturated heterocycles. The van der Waals surface area contributed by atoms with Crippen LogP contribution < -0.4 is 15.6 Å². The van der Waals surface area contributed by atoms with Crippen LogP contribution in [0.2, 0.25) is 0 Å². The summed E-state index contributed by atoms with van der Waals surface area (Å²) in [6.45, 7) is 10.7. The van der Waals surface area contributed by atoms with Crippen LogP contribution in [0.25, 0.3) is 11.3 Å². The van der Waals surface area contributed by atoms with Crippen LogP contribution in [-0.4, -0.2) is 28.3 Å². The minimum atomic E-state index is -0.667. The van der Waals surface area contributed by atoms with Gasteiger partial charge in [0.1, 0.15) is 5.75 Å². The molecule has 0 radical (unpaired) electrons. The second-order valence-corrected chi connectivity index (χ2v) is 8.95. The van der Waals surface area contributed by atoms with Crippen molar-refractivity contribution >= 4 is 5.91 Å². The molecule has 1 heterocycles. The lowest BCUT2D eigenvalue weighted by Gasteiger charge is -2.25. The Kier molecular flexibility index (Phi) is 7.13. The largest absolute Gasteiger partial charge is 0.481 e. The van der Waals surface area contributed by atoms with Gasteiger partial charge in [0, 0.05) is 18.2 Å². The average molecular weight is 434 g/mol. The van der Waals surface area contributed by atoms with Gasteiger partial charge in [-0.3, -0.25) is 9.59 Å². The molecule has 2 aromatic carbocycles. The quantitative estimate of drug-likeness (QED) is 0.609. The highest BCUT2D eigenvalue weighted by Gasteiger charge is 2.22. The Morgan fingerprint density at radius 1 is 1.09 bits per heavy atom. The highest BCUT2D eigenvalue weighted by atomic mass is 16.5. The molecular formula is C26H31N3O3. The van der Waals surface area contributed by atoms with E-state index in [0.717, 1.165) is 16.7 Å². The van der Waals surface area contributed by atoms with Crippen LogP contribution in [0.1, 0.15) is 38.8 Å². The van der Waals surface area contributed by atoms with Crippen LogP contribution in [0, 0.1) is 6.92 Å². The minimum Gasteiger partial charge on any atom is -0.481 e. The first-order valence-corrected chi connectivity index (χ1v) is 10.8. The van der Waals surface area contributed by atoms with Gasteiger partial charge in [0.05, 0.1) is 12.2 Å². The summed E-state index contributed by atoms with van der Waals surface area (Å²) in [5.74, 6) is 0.469. The molecule has 3 aromatic rings. The number of amides is 1.